The van der Waals surface area contributed by atoms with Gasteiger partial charge in [-0.3, -0.25) is 9.59 Å². The van der Waals surface area contributed by atoms with Crippen LogP contribution in [0.2, 0.25) is 5.02 Å². The molecule has 0 radical (unpaired) electrons. The van der Waals surface area contributed by atoms with Crippen LogP contribution in [0.3, 0.4) is 0 Å². The number of carbonyl (C=O) groups excluding carboxylic acids is 2. The molecule has 4 aromatic rings. The molecule has 1 aromatic heterocycles. The van der Waals surface area contributed by atoms with E-state index < -0.39 is 0 Å². The van der Waals surface area contributed by atoms with Crippen molar-refractivity contribution in [1.82, 2.24) is 15.6 Å². The lowest BCUT2D eigenvalue weighted by Gasteiger charge is -2.20. The van der Waals surface area contributed by atoms with Crippen LogP contribution < -0.4 is 10.6 Å². The fourth-order valence-electron chi connectivity index (χ4n) is 4.04. The fourth-order valence-corrected chi connectivity index (χ4v) is 4.31. The molecule has 0 aliphatic carbocycles. The number of benzene rings is 3. The van der Waals surface area contributed by atoms with E-state index >= 15 is 0 Å². The van der Waals surface area contributed by atoms with E-state index in [1.54, 1.807) is 12.1 Å². The van der Waals surface area contributed by atoms with Gasteiger partial charge in [0.15, 0.2) is 0 Å². The van der Waals surface area contributed by atoms with Gasteiger partial charge in [0.1, 0.15) is 0 Å². The number of hydrogen-bond acceptors (Lipinski definition) is 2. The van der Waals surface area contributed by atoms with Crippen molar-refractivity contribution in [1.29, 1.82) is 0 Å². The molecule has 2 unspecified atom stereocenters. The SMILES string of the molecule is CC(CC(=O)NCC(c1ccccc1Cl)c1c[nH]c2ccccc12)NC(=O)c1ccccc1. The second-order valence-electron chi connectivity index (χ2n) is 8.11. The normalized spacial score (nSPS) is 12.8. The lowest BCUT2D eigenvalue weighted by molar-refractivity contribution is -0.121. The Morgan fingerprint density at radius 1 is 0.909 bits per heavy atom. The van der Waals surface area contributed by atoms with Crippen LogP contribution in [-0.4, -0.2) is 29.4 Å². The van der Waals surface area contributed by atoms with Crippen molar-refractivity contribution in [3.63, 3.8) is 0 Å². The summed E-state index contributed by atoms with van der Waals surface area (Å²) >= 11 is 6.53. The summed E-state index contributed by atoms with van der Waals surface area (Å²) < 4.78 is 0. The van der Waals surface area contributed by atoms with E-state index in [1.165, 1.54) is 0 Å². The highest BCUT2D eigenvalue weighted by atomic mass is 35.5. The zero-order valence-corrected chi connectivity index (χ0v) is 19.1. The molecule has 0 aliphatic heterocycles. The van der Waals surface area contributed by atoms with Gasteiger partial charge in [0.05, 0.1) is 0 Å². The van der Waals surface area contributed by atoms with Crippen LogP contribution in [-0.2, 0) is 4.79 Å². The summed E-state index contributed by atoms with van der Waals surface area (Å²) in [5.41, 5.74) is 3.63. The van der Waals surface area contributed by atoms with Gasteiger partial charge < -0.3 is 15.6 Å². The van der Waals surface area contributed by atoms with Gasteiger partial charge in [-0.2, -0.15) is 0 Å². The first kappa shape index (κ1) is 22.6. The third-order valence-electron chi connectivity index (χ3n) is 5.69. The molecule has 33 heavy (non-hydrogen) atoms. The van der Waals surface area contributed by atoms with Crippen LogP contribution in [0.15, 0.2) is 85.1 Å². The summed E-state index contributed by atoms with van der Waals surface area (Å²) in [6, 6.07) is 24.4. The van der Waals surface area contributed by atoms with E-state index in [9.17, 15) is 9.59 Å². The second kappa shape index (κ2) is 10.4. The maximum absolute atomic E-state index is 12.7. The Morgan fingerprint density at radius 2 is 1.61 bits per heavy atom. The summed E-state index contributed by atoms with van der Waals surface area (Å²) in [6.45, 7) is 2.22. The molecule has 0 saturated carbocycles. The first-order chi connectivity index (χ1) is 16.0. The molecule has 4 rings (SSSR count). The minimum atomic E-state index is -0.301. The third kappa shape index (κ3) is 5.44. The Balaban J connectivity index is 1.45. The number of amides is 2. The van der Waals surface area contributed by atoms with Gasteiger partial charge in [0.25, 0.3) is 5.91 Å². The number of carbonyl (C=O) groups is 2. The van der Waals surface area contributed by atoms with Crippen LogP contribution in [0.4, 0.5) is 0 Å². The van der Waals surface area contributed by atoms with Crippen molar-refractivity contribution in [3.8, 4) is 0 Å². The van der Waals surface area contributed by atoms with Crippen molar-refractivity contribution < 1.29 is 9.59 Å². The Kier molecular flexibility index (Phi) is 7.10. The number of rotatable bonds is 8. The molecule has 0 bridgehead atoms. The molecular weight excluding hydrogens is 434 g/mol. The van der Waals surface area contributed by atoms with Gasteiger partial charge in [-0.15, -0.1) is 0 Å². The summed E-state index contributed by atoms with van der Waals surface area (Å²) in [5.74, 6) is -0.440. The molecule has 0 spiro atoms. The second-order valence-corrected chi connectivity index (χ2v) is 8.52. The molecular formula is C27H26ClN3O2. The quantitative estimate of drug-likeness (QED) is 0.335. The first-order valence-electron chi connectivity index (χ1n) is 11.0. The van der Waals surface area contributed by atoms with Gasteiger partial charge >= 0.3 is 0 Å². The van der Waals surface area contributed by atoms with Crippen molar-refractivity contribution in [2.45, 2.75) is 25.3 Å². The molecule has 2 atom stereocenters. The maximum atomic E-state index is 12.7. The number of aromatic nitrogens is 1. The molecule has 3 N–H and O–H groups in total. The molecule has 0 aliphatic rings. The molecule has 168 valence electrons. The van der Waals surface area contributed by atoms with E-state index in [-0.39, 0.29) is 30.2 Å². The average Bonchev–Trinajstić information content (AvgIpc) is 3.25. The maximum Gasteiger partial charge on any atom is 0.251 e. The van der Waals surface area contributed by atoms with E-state index in [0.717, 1.165) is 22.0 Å². The van der Waals surface area contributed by atoms with Crippen LogP contribution >= 0.6 is 11.6 Å². The highest BCUT2D eigenvalue weighted by Crippen LogP contribution is 2.34. The number of aromatic amines is 1. The number of hydrogen-bond donors (Lipinski definition) is 3. The molecule has 5 nitrogen and oxygen atoms in total. The minimum absolute atomic E-state index is 0.118. The third-order valence-corrected chi connectivity index (χ3v) is 6.03. The topological polar surface area (TPSA) is 74.0 Å². The predicted octanol–water partition coefficient (Wildman–Crippen LogP) is 5.28. The lowest BCUT2D eigenvalue weighted by Crippen LogP contribution is -2.38. The van der Waals surface area contributed by atoms with Crippen molar-refractivity contribution in [2.75, 3.05) is 6.54 Å². The van der Waals surface area contributed by atoms with Gasteiger partial charge in [0.2, 0.25) is 5.91 Å². The number of para-hydroxylation sites is 1. The summed E-state index contributed by atoms with van der Waals surface area (Å²) in [5, 5.41) is 7.68. The van der Waals surface area contributed by atoms with Gasteiger partial charge in [-0.05, 0) is 42.3 Å². The Hall–Kier alpha value is -3.57. The van der Waals surface area contributed by atoms with Gasteiger partial charge in [-0.1, -0.05) is 66.2 Å². The Morgan fingerprint density at radius 3 is 2.39 bits per heavy atom. The smallest absolute Gasteiger partial charge is 0.251 e. The molecule has 3 aromatic carbocycles. The number of halogens is 1. The zero-order valence-electron chi connectivity index (χ0n) is 18.3. The summed E-state index contributed by atoms with van der Waals surface area (Å²) in [4.78, 5) is 28.4. The molecule has 2 amide bonds. The van der Waals surface area contributed by atoms with Crippen LogP contribution in [0.25, 0.3) is 10.9 Å². The lowest BCUT2D eigenvalue weighted by atomic mass is 9.90. The van der Waals surface area contributed by atoms with Crippen LogP contribution in [0.1, 0.15) is 40.7 Å². The van der Waals surface area contributed by atoms with Crippen molar-refractivity contribution in [2.24, 2.45) is 0 Å². The van der Waals surface area contributed by atoms with E-state index in [0.29, 0.717) is 17.1 Å². The highest BCUT2D eigenvalue weighted by molar-refractivity contribution is 6.31. The van der Waals surface area contributed by atoms with Crippen LogP contribution in [0.5, 0.6) is 0 Å². The van der Waals surface area contributed by atoms with E-state index in [4.69, 9.17) is 11.6 Å². The summed E-state index contributed by atoms with van der Waals surface area (Å²) in [6.07, 6.45) is 2.16. The predicted molar refractivity (Wildman–Crippen MR) is 133 cm³/mol. The number of fused-ring (bicyclic) bond motifs is 1. The van der Waals surface area contributed by atoms with E-state index in [2.05, 4.69) is 21.7 Å². The molecule has 0 saturated heterocycles. The number of nitrogens with one attached hydrogen (secondary N) is 3. The highest BCUT2D eigenvalue weighted by Gasteiger charge is 2.22. The molecule has 0 fully saturated rings. The largest absolute Gasteiger partial charge is 0.361 e. The van der Waals surface area contributed by atoms with Gasteiger partial charge in [-0.25, -0.2) is 0 Å². The average molecular weight is 460 g/mol. The standard InChI is InChI=1S/C27H26ClN3O2/c1-18(31-27(33)19-9-3-2-4-10-19)15-26(32)30-17-22(20-11-5-7-13-24(20)28)23-16-29-25-14-8-6-12-21(23)25/h2-14,16,18,22,29H,15,17H2,1H3,(H,30,32)(H,31,33). The number of H-pyrrole nitrogens is 1. The monoisotopic (exact) mass is 459 g/mol. The summed E-state index contributed by atoms with van der Waals surface area (Å²) in [7, 11) is 0. The van der Waals surface area contributed by atoms with Gasteiger partial charge in [0, 0.05) is 52.6 Å². The Labute approximate surface area is 198 Å². The van der Waals surface area contributed by atoms with Crippen molar-refractivity contribution in [3.05, 3.63) is 107 Å². The van der Waals surface area contributed by atoms with Crippen LogP contribution in [0, 0.1) is 0 Å². The van der Waals surface area contributed by atoms with Crippen molar-refractivity contribution >= 4 is 34.3 Å². The first-order valence-corrected chi connectivity index (χ1v) is 11.3. The zero-order chi connectivity index (χ0) is 23.2. The fraction of sp³-hybridized carbons (Fsp3) is 0.185. The molecule has 1 heterocycles. The minimum Gasteiger partial charge on any atom is -0.361 e. The Bertz CT molecular complexity index is 1250. The molecule has 6 heteroatoms. The van der Waals surface area contributed by atoms with E-state index in [1.807, 2.05) is 73.8 Å².